The van der Waals surface area contributed by atoms with Crippen LogP contribution in [-0.4, -0.2) is 125 Å². The largest absolute Gasteiger partial charge is 0.459 e. The first-order valence-electron chi connectivity index (χ1n) is 20.1. The van der Waals surface area contributed by atoms with E-state index in [1.807, 2.05) is 59.7 Å². The molecule has 0 saturated carbocycles. The Labute approximate surface area is 327 Å². The second-order valence-corrected chi connectivity index (χ2v) is 17.7. The first-order valence-corrected chi connectivity index (χ1v) is 20.1. The van der Waals surface area contributed by atoms with Crippen LogP contribution in [0.25, 0.3) is 0 Å². The summed E-state index contributed by atoms with van der Waals surface area (Å²) in [6, 6.07) is 7.56. The zero-order valence-electron chi connectivity index (χ0n) is 36.1. The number of esters is 2. The van der Waals surface area contributed by atoms with Crippen molar-refractivity contribution in [3.63, 3.8) is 0 Å². The Morgan fingerprint density at radius 3 is 1.46 bits per heavy atom. The number of hydrogen-bond donors (Lipinski definition) is 0. The molecule has 1 heterocycles. The third-order valence-electron chi connectivity index (χ3n) is 9.69. The Kier molecular flexibility index (Phi) is 21.1. The molecule has 0 bridgehead atoms. The minimum absolute atomic E-state index is 0.0657. The maximum absolute atomic E-state index is 13.8. The number of ether oxygens (including phenoxy) is 2. The van der Waals surface area contributed by atoms with Crippen LogP contribution in [0.4, 0.5) is 0 Å². The summed E-state index contributed by atoms with van der Waals surface area (Å²) in [7, 11) is 0. The van der Waals surface area contributed by atoms with Crippen LogP contribution >= 0.6 is 0 Å². The van der Waals surface area contributed by atoms with Gasteiger partial charge in [0.25, 0.3) is 0 Å². The van der Waals surface area contributed by atoms with E-state index in [0.717, 1.165) is 63.1 Å². The Morgan fingerprint density at radius 1 is 0.685 bits per heavy atom. The highest BCUT2D eigenvalue weighted by Gasteiger charge is 2.35. The van der Waals surface area contributed by atoms with Crippen LogP contribution in [0.5, 0.6) is 0 Å². The number of carbonyl (C=O) groups is 3. The summed E-state index contributed by atoms with van der Waals surface area (Å²) in [4.78, 5) is 65.9. The lowest BCUT2D eigenvalue weighted by atomic mass is 9.84. The molecule has 11 heteroatoms. The average molecular weight is 759 g/mol. The summed E-state index contributed by atoms with van der Waals surface area (Å²) in [5, 5.41) is 0. The fourth-order valence-electron chi connectivity index (χ4n) is 7.34. The van der Waals surface area contributed by atoms with Crippen LogP contribution in [-0.2, 0) is 35.2 Å². The van der Waals surface area contributed by atoms with Crippen LogP contribution in [0, 0.1) is 5.41 Å². The summed E-state index contributed by atoms with van der Waals surface area (Å²) in [5.74, 6) is -0.298. The van der Waals surface area contributed by atoms with Gasteiger partial charge in [-0.25, -0.2) is 0 Å². The second-order valence-electron chi connectivity index (χ2n) is 17.7. The van der Waals surface area contributed by atoms with Gasteiger partial charge in [0.15, 0.2) is 5.78 Å². The molecule has 0 aromatic heterocycles. The molecule has 308 valence electrons. The summed E-state index contributed by atoms with van der Waals surface area (Å²) in [6.07, 6.45) is 4.39. The van der Waals surface area contributed by atoms with E-state index in [4.69, 9.17) is 19.1 Å². The SMILES string of the molecule is CCCC(C(=O)OC(C)(C)C)N1CCN(Cc2cccc(C(C)=O)c2)CCN(C(CC)C(C)(C)C)CCN(C(CCC)C(=O)OC(C)(C)C)CC1.O=C=O. The number of ketones is 1. The van der Waals surface area contributed by atoms with Gasteiger partial charge in [0.1, 0.15) is 23.3 Å². The van der Waals surface area contributed by atoms with Crippen molar-refractivity contribution in [1.29, 1.82) is 0 Å². The van der Waals surface area contributed by atoms with Gasteiger partial charge in [0.2, 0.25) is 0 Å². The van der Waals surface area contributed by atoms with E-state index >= 15 is 0 Å². The molecule has 1 aromatic carbocycles. The molecule has 1 saturated heterocycles. The molecule has 3 atom stereocenters. The maximum Gasteiger partial charge on any atom is 0.373 e. The van der Waals surface area contributed by atoms with Crippen molar-refractivity contribution in [3.8, 4) is 0 Å². The molecule has 2 rings (SSSR count). The Bertz CT molecular complexity index is 1320. The summed E-state index contributed by atoms with van der Waals surface area (Å²) < 4.78 is 12.0. The number of nitrogens with zero attached hydrogens (tertiary/aromatic N) is 4. The van der Waals surface area contributed by atoms with E-state index < -0.39 is 17.2 Å². The molecule has 54 heavy (non-hydrogen) atoms. The van der Waals surface area contributed by atoms with Gasteiger partial charge in [-0.15, -0.1) is 0 Å². The number of rotatable bonds is 13. The average Bonchev–Trinajstić information content (AvgIpc) is 3.04. The van der Waals surface area contributed by atoms with Crippen molar-refractivity contribution in [2.24, 2.45) is 5.41 Å². The van der Waals surface area contributed by atoms with Gasteiger partial charge in [-0.2, -0.15) is 9.59 Å². The molecular weight excluding hydrogens is 684 g/mol. The van der Waals surface area contributed by atoms with Gasteiger partial charge in [-0.05, 0) is 84.8 Å². The van der Waals surface area contributed by atoms with Crippen molar-refractivity contribution in [2.45, 2.75) is 158 Å². The fourth-order valence-corrected chi connectivity index (χ4v) is 7.34. The van der Waals surface area contributed by atoms with Crippen molar-refractivity contribution in [1.82, 2.24) is 19.6 Å². The van der Waals surface area contributed by atoms with Crippen molar-refractivity contribution >= 4 is 23.9 Å². The molecule has 3 unspecified atom stereocenters. The molecule has 11 nitrogen and oxygen atoms in total. The molecule has 1 aromatic rings. The minimum atomic E-state index is -0.593. The van der Waals surface area contributed by atoms with Crippen LogP contribution in [0.15, 0.2) is 24.3 Å². The quantitative estimate of drug-likeness (QED) is 0.155. The standard InChI is InChI=1S/C42H74N4O5.CO2/c1-14-18-35(38(48)50-41(8,9)10)44-24-22-43(31-33-20-17-21-34(30-33)32(4)47)23-25-46(37(16-3)40(5,6)7)29-28-45(27-26-44)36(19-15-2)39(49)51-42(11,12)13;2-1-3/h17,20-21,30,35-37H,14-16,18-19,22-29,31H2,1-13H3;. The first-order chi connectivity index (χ1) is 25.1. The maximum atomic E-state index is 13.8. The number of hydrogen-bond acceptors (Lipinski definition) is 11. The monoisotopic (exact) mass is 759 g/mol. The highest BCUT2D eigenvalue weighted by molar-refractivity contribution is 5.94. The van der Waals surface area contributed by atoms with E-state index in [1.54, 1.807) is 6.92 Å². The van der Waals surface area contributed by atoms with Crippen LogP contribution in [0.1, 0.15) is 138 Å². The van der Waals surface area contributed by atoms with E-state index in [2.05, 4.69) is 67.2 Å². The summed E-state index contributed by atoms with van der Waals surface area (Å²) >= 11 is 0. The number of benzene rings is 1. The van der Waals surface area contributed by atoms with Crippen molar-refractivity contribution < 1.29 is 33.4 Å². The molecule has 0 radical (unpaired) electrons. The third-order valence-corrected chi connectivity index (χ3v) is 9.69. The molecule has 0 aliphatic carbocycles. The molecule has 1 aliphatic rings. The molecule has 1 fully saturated rings. The van der Waals surface area contributed by atoms with Crippen LogP contribution in [0.3, 0.4) is 0 Å². The van der Waals surface area contributed by atoms with Gasteiger partial charge in [0, 0.05) is 70.5 Å². The third kappa shape index (κ3) is 18.1. The Morgan fingerprint density at radius 2 is 1.09 bits per heavy atom. The van der Waals surface area contributed by atoms with E-state index in [-0.39, 0.29) is 35.3 Å². The van der Waals surface area contributed by atoms with Crippen molar-refractivity contribution in [2.75, 3.05) is 52.4 Å². The number of Topliss-reactive ketones (excluding diaryl/α,β-unsaturated/α-hetero) is 1. The normalized spacial score (nSPS) is 18.1. The summed E-state index contributed by atoms with van der Waals surface area (Å²) in [6.45, 7) is 33.3. The summed E-state index contributed by atoms with van der Waals surface area (Å²) in [5.41, 5.74) is 0.735. The topological polar surface area (TPSA) is 117 Å². The highest BCUT2D eigenvalue weighted by Crippen LogP contribution is 2.28. The highest BCUT2D eigenvalue weighted by atomic mass is 16.6. The minimum Gasteiger partial charge on any atom is -0.459 e. The van der Waals surface area contributed by atoms with Gasteiger partial charge in [-0.3, -0.25) is 34.0 Å². The number of carbonyl (C=O) groups excluding carboxylic acids is 5. The Hall–Kier alpha value is -2.95. The van der Waals surface area contributed by atoms with Gasteiger partial charge >= 0.3 is 18.1 Å². The van der Waals surface area contributed by atoms with Gasteiger partial charge in [0.05, 0.1) is 0 Å². The van der Waals surface area contributed by atoms with Gasteiger partial charge < -0.3 is 9.47 Å². The van der Waals surface area contributed by atoms with Crippen LogP contribution < -0.4 is 0 Å². The van der Waals surface area contributed by atoms with E-state index in [9.17, 15) is 14.4 Å². The van der Waals surface area contributed by atoms with Crippen molar-refractivity contribution in [3.05, 3.63) is 35.4 Å². The molecule has 0 N–H and O–H groups in total. The predicted molar refractivity (Wildman–Crippen MR) is 214 cm³/mol. The lowest BCUT2D eigenvalue weighted by molar-refractivity contribution is -0.191. The lowest BCUT2D eigenvalue weighted by Crippen LogP contribution is -2.55. The van der Waals surface area contributed by atoms with Gasteiger partial charge in [-0.1, -0.05) is 72.6 Å². The predicted octanol–water partition coefficient (Wildman–Crippen LogP) is 6.87. The molecule has 1 aliphatic heterocycles. The smallest absolute Gasteiger partial charge is 0.373 e. The zero-order chi connectivity index (χ0) is 41.3. The lowest BCUT2D eigenvalue weighted by Gasteiger charge is -2.43. The van der Waals surface area contributed by atoms with E-state index in [1.165, 1.54) is 0 Å². The molecular formula is C43H74N4O7. The molecule has 0 amide bonds. The Balaban J connectivity index is 0.00000469. The van der Waals surface area contributed by atoms with Crippen LogP contribution in [0.2, 0.25) is 0 Å². The second kappa shape index (κ2) is 23.2. The zero-order valence-corrected chi connectivity index (χ0v) is 36.1. The van der Waals surface area contributed by atoms with E-state index in [0.29, 0.717) is 45.1 Å². The molecule has 0 spiro atoms. The fraction of sp³-hybridized carbons (Fsp3) is 0.767. The first kappa shape index (κ1) is 49.1.